The lowest BCUT2D eigenvalue weighted by molar-refractivity contribution is -0.150. The zero-order chi connectivity index (χ0) is 13.3. The number of rotatable bonds is 8. The van der Waals surface area contributed by atoms with Crippen LogP contribution in [-0.4, -0.2) is 33.4 Å². The maximum absolute atomic E-state index is 11.4. The number of hydrogen-bond donors (Lipinski definition) is 0. The molecule has 0 aliphatic rings. The standard InChI is InChI=1S/C12H23BO4/c1-6-16-13(17-7-2)10-8-9-12(3,4)11(14)15-5/h8,10H,6-7,9H2,1-5H3/b10-8+. The quantitative estimate of drug-likeness (QED) is 0.483. The van der Waals surface area contributed by atoms with Crippen molar-refractivity contribution in [3.05, 3.63) is 12.1 Å². The van der Waals surface area contributed by atoms with Crippen molar-refractivity contribution >= 4 is 13.1 Å². The summed E-state index contributed by atoms with van der Waals surface area (Å²) in [5.41, 5.74) is -0.520. The molecule has 0 rings (SSSR count). The molecule has 0 saturated heterocycles. The summed E-state index contributed by atoms with van der Waals surface area (Å²) >= 11 is 0. The van der Waals surface area contributed by atoms with Gasteiger partial charge in [-0.2, -0.15) is 0 Å². The summed E-state index contributed by atoms with van der Waals surface area (Å²) < 4.78 is 15.4. The van der Waals surface area contributed by atoms with Gasteiger partial charge in [0.15, 0.2) is 0 Å². The molecule has 98 valence electrons. The lowest BCUT2D eigenvalue weighted by Crippen LogP contribution is -2.25. The van der Waals surface area contributed by atoms with Crippen molar-refractivity contribution in [3.8, 4) is 0 Å². The van der Waals surface area contributed by atoms with E-state index in [1.54, 1.807) is 0 Å². The maximum Gasteiger partial charge on any atom is 0.485 e. The Morgan fingerprint density at radius 2 is 1.76 bits per heavy atom. The third-order valence-corrected chi connectivity index (χ3v) is 2.32. The van der Waals surface area contributed by atoms with Crippen molar-refractivity contribution in [2.75, 3.05) is 20.3 Å². The van der Waals surface area contributed by atoms with E-state index >= 15 is 0 Å². The highest BCUT2D eigenvalue weighted by molar-refractivity contribution is 6.50. The van der Waals surface area contributed by atoms with E-state index in [0.717, 1.165) is 0 Å². The Morgan fingerprint density at radius 3 is 2.18 bits per heavy atom. The van der Waals surface area contributed by atoms with E-state index in [9.17, 15) is 4.79 Å². The van der Waals surface area contributed by atoms with Crippen molar-refractivity contribution < 1.29 is 18.8 Å². The van der Waals surface area contributed by atoms with Crippen LogP contribution in [-0.2, 0) is 18.8 Å². The molecule has 0 radical (unpaired) electrons. The van der Waals surface area contributed by atoms with Crippen LogP contribution in [0, 0.1) is 5.41 Å². The Bertz CT molecular complexity index is 245. The first-order chi connectivity index (χ1) is 7.97. The van der Waals surface area contributed by atoms with Gasteiger partial charge in [0.1, 0.15) is 0 Å². The van der Waals surface area contributed by atoms with Crippen LogP contribution < -0.4 is 0 Å². The molecule has 0 aromatic rings. The van der Waals surface area contributed by atoms with Crippen LogP contribution in [0.3, 0.4) is 0 Å². The van der Waals surface area contributed by atoms with Gasteiger partial charge < -0.3 is 14.0 Å². The molecule has 0 aromatic carbocycles. The molecule has 0 bridgehead atoms. The molecule has 0 unspecified atom stereocenters. The minimum Gasteiger partial charge on any atom is -0.469 e. The summed E-state index contributed by atoms with van der Waals surface area (Å²) in [5, 5.41) is 0. The Kier molecular flexibility index (Phi) is 7.92. The van der Waals surface area contributed by atoms with Crippen LogP contribution in [0.2, 0.25) is 0 Å². The number of allylic oxidation sites excluding steroid dienone is 1. The summed E-state index contributed by atoms with van der Waals surface area (Å²) in [4.78, 5) is 11.4. The van der Waals surface area contributed by atoms with E-state index in [1.807, 2.05) is 39.7 Å². The Labute approximate surface area is 104 Å². The minimum absolute atomic E-state index is 0.216. The second kappa shape index (κ2) is 8.31. The molecule has 0 aliphatic heterocycles. The van der Waals surface area contributed by atoms with E-state index in [-0.39, 0.29) is 13.1 Å². The molecular formula is C12H23BO4. The number of carbonyl (C=O) groups is 1. The van der Waals surface area contributed by atoms with Crippen LogP contribution in [0.4, 0.5) is 0 Å². The molecule has 0 amide bonds. The van der Waals surface area contributed by atoms with Gasteiger partial charge in [0.2, 0.25) is 0 Å². The van der Waals surface area contributed by atoms with Crippen LogP contribution in [0.1, 0.15) is 34.1 Å². The first-order valence-corrected chi connectivity index (χ1v) is 5.96. The molecule has 0 aromatic heterocycles. The van der Waals surface area contributed by atoms with Crippen molar-refractivity contribution in [1.82, 2.24) is 0 Å². The van der Waals surface area contributed by atoms with E-state index in [2.05, 4.69) is 0 Å². The van der Waals surface area contributed by atoms with Gasteiger partial charge in [-0.25, -0.2) is 0 Å². The van der Waals surface area contributed by atoms with Gasteiger partial charge in [0.25, 0.3) is 0 Å². The van der Waals surface area contributed by atoms with Crippen LogP contribution in [0.25, 0.3) is 0 Å². The third kappa shape index (κ3) is 6.49. The minimum atomic E-state index is -0.520. The summed E-state index contributed by atoms with van der Waals surface area (Å²) in [6.45, 7) is 8.71. The summed E-state index contributed by atoms with van der Waals surface area (Å²) in [6.07, 6.45) is 2.49. The topological polar surface area (TPSA) is 44.8 Å². The Hall–Kier alpha value is -0.805. The number of methoxy groups -OCH3 is 1. The number of ether oxygens (including phenoxy) is 1. The van der Waals surface area contributed by atoms with Crippen molar-refractivity contribution in [2.45, 2.75) is 34.1 Å². The van der Waals surface area contributed by atoms with E-state index in [1.165, 1.54) is 7.11 Å². The smallest absolute Gasteiger partial charge is 0.469 e. The Balaban J connectivity index is 4.26. The molecular weight excluding hydrogens is 219 g/mol. The molecule has 4 nitrogen and oxygen atoms in total. The number of carbonyl (C=O) groups excluding carboxylic acids is 1. The molecule has 5 heteroatoms. The van der Waals surface area contributed by atoms with E-state index < -0.39 is 5.41 Å². The summed E-state index contributed by atoms with van der Waals surface area (Å²) in [7, 11) is 1.07. The molecule has 0 atom stereocenters. The monoisotopic (exact) mass is 242 g/mol. The van der Waals surface area contributed by atoms with Crippen LogP contribution >= 0.6 is 0 Å². The largest absolute Gasteiger partial charge is 0.485 e. The van der Waals surface area contributed by atoms with Crippen molar-refractivity contribution in [2.24, 2.45) is 5.41 Å². The van der Waals surface area contributed by atoms with Gasteiger partial charge >= 0.3 is 13.1 Å². The highest BCUT2D eigenvalue weighted by Crippen LogP contribution is 2.22. The van der Waals surface area contributed by atoms with Gasteiger partial charge in [0.05, 0.1) is 12.5 Å². The average molecular weight is 242 g/mol. The van der Waals surface area contributed by atoms with Gasteiger partial charge in [-0.05, 0) is 34.1 Å². The Morgan fingerprint density at radius 1 is 1.24 bits per heavy atom. The molecule has 0 heterocycles. The maximum atomic E-state index is 11.4. The first-order valence-electron chi connectivity index (χ1n) is 5.96. The lowest BCUT2D eigenvalue weighted by atomic mass is 9.84. The molecule has 0 saturated carbocycles. The molecule has 17 heavy (non-hydrogen) atoms. The van der Waals surface area contributed by atoms with Crippen molar-refractivity contribution in [3.63, 3.8) is 0 Å². The fourth-order valence-electron chi connectivity index (χ4n) is 1.32. The third-order valence-electron chi connectivity index (χ3n) is 2.32. The van der Waals surface area contributed by atoms with Gasteiger partial charge in [-0.3, -0.25) is 4.79 Å². The van der Waals surface area contributed by atoms with Gasteiger partial charge in [-0.15, -0.1) is 0 Å². The normalized spacial score (nSPS) is 11.8. The van der Waals surface area contributed by atoms with Gasteiger partial charge in [0, 0.05) is 13.2 Å². The second-order valence-electron chi connectivity index (χ2n) is 4.29. The first kappa shape index (κ1) is 16.2. The SMILES string of the molecule is CCOB(/C=C/CC(C)(C)C(=O)OC)OCC. The fraction of sp³-hybridized carbons (Fsp3) is 0.750. The summed E-state index contributed by atoms with van der Waals surface area (Å²) in [6, 6.07) is 0. The average Bonchev–Trinajstić information content (AvgIpc) is 2.28. The van der Waals surface area contributed by atoms with E-state index in [4.69, 9.17) is 14.0 Å². The van der Waals surface area contributed by atoms with Crippen molar-refractivity contribution in [1.29, 1.82) is 0 Å². The second-order valence-corrected chi connectivity index (χ2v) is 4.29. The number of esters is 1. The summed E-state index contributed by atoms with van der Waals surface area (Å²) in [5.74, 6) is 1.61. The van der Waals surface area contributed by atoms with E-state index in [0.29, 0.717) is 19.6 Å². The van der Waals surface area contributed by atoms with Gasteiger partial charge in [-0.1, -0.05) is 12.1 Å². The molecule has 0 fully saturated rings. The number of hydrogen-bond acceptors (Lipinski definition) is 4. The zero-order valence-corrected chi connectivity index (χ0v) is 11.5. The van der Waals surface area contributed by atoms with Crippen LogP contribution in [0.5, 0.6) is 0 Å². The zero-order valence-electron chi connectivity index (χ0n) is 11.5. The highest BCUT2D eigenvalue weighted by Gasteiger charge is 2.27. The highest BCUT2D eigenvalue weighted by atomic mass is 16.6. The van der Waals surface area contributed by atoms with Crippen LogP contribution in [0.15, 0.2) is 12.1 Å². The fourth-order valence-corrected chi connectivity index (χ4v) is 1.32. The molecule has 0 spiro atoms. The molecule has 0 aliphatic carbocycles. The predicted molar refractivity (Wildman–Crippen MR) is 68.6 cm³/mol. The predicted octanol–water partition coefficient (Wildman–Crippen LogP) is 2.23. The molecule has 0 N–H and O–H groups in total. The lowest BCUT2D eigenvalue weighted by Gasteiger charge is -2.19.